The van der Waals surface area contributed by atoms with Gasteiger partial charge in [0.2, 0.25) is 10.0 Å². The average molecular weight is 436 g/mol. The molecule has 10 heteroatoms. The maximum atomic E-state index is 12.7. The van der Waals surface area contributed by atoms with Crippen molar-refractivity contribution in [2.45, 2.75) is 31.7 Å². The molecule has 0 saturated heterocycles. The molecule has 0 aliphatic carbocycles. The maximum Gasteiger partial charge on any atom is 0.295 e. The molecule has 0 spiro atoms. The minimum atomic E-state index is -3.53. The molecule has 7 nitrogen and oxygen atoms in total. The van der Waals surface area contributed by atoms with Gasteiger partial charge in [0.1, 0.15) is 0 Å². The van der Waals surface area contributed by atoms with Gasteiger partial charge in [-0.25, -0.2) is 22.2 Å². The quantitative estimate of drug-likeness (QED) is 0.565. The summed E-state index contributed by atoms with van der Waals surface area (Å²) in [5, 5.41) is 2.73. The van der Waals surface area contributed by atoms with Crippen LogP contribution in [0.3, 0.4) is 0 Å². The van der Waals surface area contributed by atoms with Crippen LogP contribution in [0.25, 0.3) is 11.0 Å². The van der Waals surface area contributed by atoms with E-state index in [4.69, 9.17) is 0 Å². The van der Waals surface area contributed by atoms with E-state index in [2.05, 4.69) is 15.3 Å². The number of aromatic nitrogens is 2. The first-order chi connectivity index (χ1) is 14.3. The first-order valence-electron chi connectivity index (χ1n) is 9.41. The van der Waals surface area contributed by atoms with Crippen LogP contribution in [0.4, 0.5) is 8.78 Å². The molecule has 1 heterocycles. The molecule has 3 aromatic rings. The summed E-state index contributed by atoms with van der Waals surface area (Å²) in [4.78, 5) is 18.9. The number of nitrogens with one attached hydrogen (secondary N) is 2. The lowest BCUT2D eigenvalue weighted by atomic mass is 10.1. The number of carbonyl (C=O) groups excluding carboxylic acids is 1. The normalized spacial score (nSPS) is 12.1. The lowest BCUT2D eigenvalue weighted by Crippen LogP contribution is -2.30. The van der Waals surface area contributed by atoms with Crippen LogP contribution in [-0.4, -0.2) is 41.7 Å². The summed E-state index contributed by atoms with van der Waals surface area (Å²) in [6, 6.07) is 10.8. The number of H-pyrrole nitrogens is 1. The van der Waals surface area contributed by atoms with Crippen molar-refractivity contribution in [3.8, 4) is 0 Å². The van der Waals surface area contributed by atoms with E-state index in [0.29, 0.717) is 29.7 Å². The van der Waals surface area contributed by atoms with Gasteiger partial charge in [0.25, 0.3) is 12.3 Å². The molecule has 30 heavy (non-hydrogen) atoms. The van der Waals surface area contributed by atoms with Crippen molar-refractivity contribution in [3.63, 3.8) is 0 Å². The number of halogens is 2. The Morgan fingerprint density at radius 2 is 1.80 bits per heavy atom. The van der Waals surface area contributed by atoms with Crippen LogP contribution >= 0.6 is 0 Å². The summed E-state index contributed by atoms with van der Waals surface area (Å²) in [5.41, 5.74) is 1.73. The van der Waals surface area contributed by atoms with Gasteiger partial charge in [-0.15, -0.1) is 0 Å². The van der Waals surface area contributed by atoms with Crippen molar-refractivity contribution in [2.24, 2.45) is 0 Å². The van der Waals surface area contributed by atoms with E-state index in [9.17, 15) is 22.0 Å². The van der Waals surface area contributed by atoms with E-state index >= 15 is 0 Å². The molecule has 0 aliphatic heterocycles. The summed E-state index contributed by atoms with van der Waals surface area (Å²) < 4.78 is 51.9. The summed E-state index contributed by atoms with van der Waals surface area (Å²) in [6.45, 7) is 4.51. The summed E-state index contributed by atoms with van der Waals surface area (Å²) >= 11 is 0. The molecule has 1 amide bonds. The van der Waals surface area contributed by atoms with Gasteiger partial charge < -0.3 is 10.3 Å². The predicted octanol–water partition coefficient (Wildman–Crippen LogP) is 3.46. The van der Waals surface area contributed by atoms with Crippen molar-refractivity contribution in [2.75, 3.05) is 13.1 Å². The van der Waals surface area contributed by atoms with Crippen LogP contribution < -0.4 is 5.32 Å². The molecule has 0 fully saturated rings. The van der Waals surface area contributed by atoms with Gasteiger partial charge in [-0.3, -0.25) is 4.79 Å². The third kappa shape index (κ3) is 4.49. The van der Waals surface area contributed by atoms with Gasteiger partial charge in [-0.1, -0.05) is 26.0 Å². The zero-order chi connectivity index (χ0) is 21.9. The number of alkyl halides is 2. The Morgan fingerprint density at radius 3 is 2.40 bits per heavy atom. The van der Waals surface area contributed by atoms with E-state index in [1.807, 2.05) is 0 Å². The second-order valence-corrected chi connectivity index (χ2v) is 8.51. The Kier molecular flexibility index (Phi) is 6.47. The lowest BCUT2D eigenvalue weighted by Gasteiger charge is -2.18. The zero-order valence-electron chi connectivity index (χ0n) is 16.5. The number of hydrogen-bond acceptors (Lipinski definition) is 4. The van der Waals surface area contributed by atoms with Gasteiger partial charge in [-0.05, 0) is 35.9 Å². The molecule has 160 valence electrons. The topological polar surface area (TPSA) is 95.2 Å². The number of nitrogens with zero attached hydrogens (tertiary/aromatic N) is 2. The highest BCUT2D eigenvalue weighted by atomic mass is 32.2. The van der Waals surface area contributed by atoms with E-state index in [-0.39, 0.29) is 17.3 Å². The fraction of sp³-hybridized carbons (Fsp3) is 0.300. The molecule has 3 rings (SSSR count). The highest BCUT2D eigenvalue weighted by Crippen LogP contribution is 2.21. The number of amides is 1. The Hall–Kier alpha value is -2.85. The number of sulfonamides is 1. The first-order valence-corrected chi connectivity index (χ1v) is 10.8. The van der Waals surface area contributed by atoms with Gasteiger partial charge in [0, 0.05) is 25.2 Å². The van der Waals surface area contributed by atoms with Crippen molar-refractivity contribution >= 4 is 27.0 Å². The fourth-order valence-corrected chi connectivity index (χ4v) is 4.51. The van der Waals surface area contributed by atoms with E-state index < -0.39 is 22.3 Å². The number of fused-ring (bicyclic) bond motifs is 1. The Balaban J connectivity index is 1.68. The van der Waals surface area contributed by atoms with E-state index in [0.717, 1.165) is 5.56 Å². The summed E-state index contributed by atoms with van der Waals surface area (Å²) in [6.07, 6.45) is -2.72. The number of hydrogen-bond donors (Lipinski definition) is 2. The van der Waals surface area contributed by atoms with Crippen LogP contribution in [0.15, 0.2) is 47.4 Å². The first kappa shape index (κ1) is 21.8. The van der Waals surface area contributed by atoms with E-state index in [1.54, 1.807) is 26.0 Å². The lowest BCUT2D eigenvalue weighted by molar-refractivity contribution is 0.0951. The third-order valence-corrected chi connectivity index (χ3v) is 6.75. The number of benzene rings is 2. The molecule has 0 unspecified atom stereocenters. The highest BCUT2D eigenvalue weighted by molar-refractivity contribution is 7.89. The second-order valence-electron chi connectivity index (χ2n) is 6.57. The molecule has 1 aromatic heterocycles. The molecule has 0 saturated carbocycles. The average Bonchev–Trinajstić information content (AvgIpc) is 3.17. The number of aromatic amines is 1. The van der Waals surface area contributed by atoms with Crippen LogP contribution in [0.5, 0.6) is 0 Å². The molecule has 0 atom stereocenters. The minimum Gasteiger partial charge on any atom is -0.348 e. The number of carbonyl (C=O) groups is 1. The molecule has 0 bridgehead atoms. The molecular formula is C20H22F2N4O3S. The van der Waals surface area contributed by atoms with Crippen molar-refractivity contribution in [1.82, 2.24) is 19.6 Å². The van der Waals surface area contributed by atoms with Crippen LogP contribution in [0.1, 0.15) is 42.0 Å². The number of imidazole rings is 1. The van der Waals surface area contributed by atoms with Gasteiger partial charge in [-0.2, -0.15) is 4.31 Å². The monoisotopic (exact) mass is 436 g/mol. The Morgan fingerprint density at radius 1 is 1.13 bits per heavy atom. The molecular weight excluding hydrogens is 414 g/mol. The van der Waals surface area contributed by atoms with E-state index in [1.165, 1.54) is 34.6 Å². The fourth-order valence-electron chi connectivity index (χ4n) is 3.05. The van der Waals surface area contributed by atoms with Gasteiger partial charge >= 0.3 is 0 Å². The van der Waals surface area contributed by atoms with Crippen molar-refractivity contribution < 1.29 is 22.0 Å². The molecule has 2 aromatic carbocycles. The smallest absolute Gasteiger partial charge is 0.295 e. The number of rotatable bonds is 8. The highest BCUT2D eigenvalue weighted by Gasteiger charge is 2.21. The third-order valence-electron chi connectivity index (χ3n) is 4.69. The second kappa shape index (κ2) is 8.88. The van der Waals surface area contributed by atoms with Gasteiger partial charge in [0.05, 0.1) is 15.9 Å². The standard InChI is InChI=1S/C20H22F2N4O3S/c1-3-26(4-2)30(28,29)15-8-5-13(6-9-15)12-23-20(27)14-7-10-16-17(11-14)25-19(24-16)18(21)22/h5-11,18H,3-4,12H2,1-2H3,(H,23,27)(H,24,25). The van der Waals surface area contributed by atoms with Crippen molar-refractivity contribution in [1.29, 1.82) is 0 Å². The summed E-state index contributed by atoms with van der Waals surface area (Å²) in [7, 11) is -3.53. The summed E-state index contributed by atoms with van der Waals surface area (Å²) in [5.74, 6) is -0.827. The molecule has 0 aliphatic rings. The van der Waals surface area contributed by atoms with Crippen LogP contribution in [0, 0.1) is 0 Å². The Labute approximate surface area is 173 Å². The predicted molar refractivity (Wildman–Crippen MR) is 109 cm³/mol. The largest absolute Gasteiger partial charge is 0.348 e. The Bertz CT molecular complexity index is 1140. The van der Waals surface area contributed by atoms with Gasteiger partial charge in [0.15, 0.2) is 5.82 Å². The zero-order valence-corrected chi connectivity index (χ0v) is 17.3. The van der Waals surface area contributed by atoms with Crippen molar-refractivity contribution in [3.05, 3.63) is 59.4 Å². The SMILES string of the molecule is CCN(CC)S(=O)(=O)c1ccc(CNC(=O)c2ccc3nc(C(F)F)[nH]c3c2)cc1. The maximum absolute atomic E-state index is 12.7. The minimum absolute atomic E-state index is 0.188. The molecule has 0 radical (unpaired) electrons. The molecule has 2 N–H and O–H groups in total. The van der Waals surface area contributed by atoms with Crippen LogP contribution in [0.2, 0.25) is 0 Å². The van der Waals surface area contributed by atoms with Crippen LogP contribution in [-0.2, 0) is 16.6 Å².